The van der Waals surface area contributed by atoms with E-state index in [9.17, 15) is 14.3 Å². The number of carbonyl (C=O) groups is 1. The highest BCUT2D eigenvalue weighted by molar-refractivity contribution is 6.31. The number of phenols is 1. The molecular formula is C17H13ClFN3O3. The van der Waals surface area contributed by atoms with Crippen LogP contribution in [0.4, 0.5) is 4.39 Å². The topological polar surface area (TPSA) is 88.2 Å². The minimum Gasteiger partial charge on any atom is -0.507 e. The first-order valence-corrected chi connectivity index (χ1v) is 7.71. The van der Waals surface area contributed by atoms with Gasteiger partial charge < -0.3 is 14.9 Å². The maximum absolute atomic E-state index is 13.3. The van der Waals surface area contributed by atoms with Crippen LogP contribution < -0.4 is 5.32 Å². The van der Waals surface area contributed by atoms with Gasteiger partial charge >= 0.3 is 0 Å². The number of nitrogens with one attached hydrogen (secondary N) is 1. The lowest BCUT2D eigenvalue weighted by Crippen LogP contribution is -2.26. The maximum atomic E-state index is 13.3. The molecule has 0 aliphatic rings. The van der Waals surface area contributed by atoms with Gasteiger partial charge in [0.25, 0.3) is 5.91 Å². The van der Waals surface area contributed by atoms with Gasteiger partial charge in [-0.1, -0.05) is 28.9 Å². The number of carbonyl (C=O) groups excluding carboxylic acids is 1. The molecule has 8 heteroatoms. The highest BCUT2D eigenvalue weighted by Crippen LogP contribution is 2.23. The van der Waals surface area contributed by atoms with Crippen molar-refractivity contribution in [2.75, 3.05) is 0 Å². The van der Waals surface area contributed by atoms with Gasteiger partial charge in [-0.3, -0.25) is 4.79 Å². The lowest BCUT2D eigenvalue weighted by atomic mass is 10.1. The Kier molecular flexibility index (Phi) is 4.67. The Hall–Kier alpha value is -2.93. The summed E-state index contributed by atoms with van der Waals surface area (Å²) in [5, 5.41) is 16.5. The summed E-state index contributed by atoms with van der Waals surface area (Å²) in [6.45, 7) is 1.64. The van der Waals surface area contributed by atoms with Crippen molar-refractivity contribution < 1.29 is 18.8 Å². The third-order valence-electron chi connectivity index (χ3n) is 3.45. The van der Waals surface area contributed by atoms with Crippen molar-refractivity contribution in [3.63, 3.8) is 0 Å². The van der Waals surface area contributed by atoms with Crippen LogP contribution in [-0.4, -0.2) is 21.2 Å². The Bertz CT molecular complexity index is 929. The number of aromatic hydroxyl groups is 1. The third kappa shape index (κ3) is 3.77. The van der Waals surface area contributed by atoms with Gasteiger partial charge in [0.1, 0.15) is 17.6 Å². The molecule has 25 heavy (non-hydrogen) atoms. The van der Waals surface area contributed by atoms with E-state index in [-0.39, 0.29) is 23.0 Å². The molecule has 0 fully saturated rings. The van der Waals surface area contributed by atoms with Crippen molar-refractivity contribution in [2.24, 2.45) is 0 Å². The molecule has 3 rings (SSSR count). The Morgan fingerprint density at radius 3 is 2.88 bits per heavy atom. The Morgan fingerprint density at radius 2 is 2.12 bits per heavy atom. The summed E-state index contributed by atoms with van der Waals surface area (Å²) in [4.78, 5) is 16.4. The third-order valence-corrected chi connectivity index (χ3v) is 3.68. The van der Waals surface area contributed by atoms with E-state index in [2.05, 4.69) is 15.5 Å². The van der Waals surface area contributed by atoms with Crippen molar-refractivity contribution in [3.8, 4) is 17.1 Å². The zero-order chi connectivity index (χ0) is 18.0. The number of phenolic OH excluding ortho intramolecular Hbond substituents is 1. The van der Waals surface area contributed by atoms with Gasteiger partial charge in [-0.25, -0.2) is 4.39 Å². The molecule has 1 atom stereocenters. The summed E-state index contributed by atoms with van der Waals surface area (Å²) in [5.41, 5.74) is 0.491. The molecule has 0 radical (unpaired) electrons. The fraction of sp³-hybridized carbons (Fsp3) is 0.118. The van der Waals surface area contributed by atoms with Gasteiger partial charge in [0.05, 0.1) is 5.56 Å². The number of hydrogen-bond donors (Lipinski definition) is 2. The van der Waals surface area contributed by atoms with Crippen LogP contribution in [0.5, 0.6) is 5.75 Å². The van der Waals surface area contributed by atoms with Crippen LogP contribution in [-0.2, 0) is 0 Å². The highest BCUT2D eigenvalue weighted by Gasteiger charge is 2.20. The molecule has 0 saturated heterocycles. The van der Waals surface area contributed by atoms with Gasteiger partial charge in [-0.15, -0.1) is 0 Å². The van der Waals surface area contributed by atoms with E-state index >= 15 is 0 Å². The largest absolute Gasteiger partial charge is 0.507 e. The van der Waals surface area contributed by atoms with E-state index in [0.29, 0.717) is 10.6 Å². The molecule has 1 aromatic heterocycles. The molecule has 128 valence electrons. The fourth-order valence-corrected chi connectivity index (χ4v) is 2.35. The molecule has 0 bridgehead atoms. The van der Waals surface area contributed by atoms with Crippen molar-refractivity contribution in [2.45, 2.75) is 13.0 Å². The molecule has 1 amide bonds. The molecule has 1 heterocycles. The maximum Gasteiger partial charge on any atom is 0.255 e. The summed E-state index contributed by atoms with van der Waals surface area (Å²) in [6.07, 6.45) is 0. The van der Waals surface area contributed by atoms with Crippen molar-refractivity contribution in [1.82, 2.24) is 15.5 Å². The zero-order valence-electron chi connectivity index (χ0n) is 13.0. The van der Waals surface area contributed by atoms with Gasteiger partial charge in [0, 0.05) is 10.6 Å². The van der Waals surface area contributed by atoms with E-state index in [0.717, 1.165) is 0 Å². The number of nitrogens with zero attached hydrogens (tertiary/aromatic N) is 2. The fourth-order valence-electron chi connectivity index (χ4n) is 2.18. The zero-order valence-corrected chi connectivity index (χ0v) is 13.8. The number of benzene rings is 2. The van der Waals surface area contributed by atoms with Crippen LogP contribution in [0.15, 0.2) is 47.0 Å². The smallest absolute Gasteiger partial charge is 0.255 e. The van der Waals surface area contributed by atoms with E-state index in [4.69, 9.17) is 16.1 Å². The van der Waals surface area contributed by atoms with Crippen LogP contribution in [0.2, 0.25) is 5.02 Å². The molecule has 6 nitrogen and oxygen atoms in total. The Labute approximate surface area is 147 Å². The molecule has 0 aliphatic carbocycles. The van der Waals surface area contributed by atoms with Crippen molar-refractivity contribution in [3.05, 3.63) is 64.8 Å². The lowest BCUT2D eigenvalue weighted by molar-refractivity contribution is 0.0930. The van der Waals surface area contributed by atoms with E-state index < -0.39 is 17.8 Å². The predicted octanol–water partition coefficient (Wildman–Crippen LogP) is 3.73. The first-order valence-electron chi connectivity index (χ1n) is 7.33. The standard InChI is InChI=1S/C17H13ClFN3O3/c1-9(20-16(24)13-8-11(18)5-6-14(13)23)17-21-15(22-25-17)10-3-2-4-12(19)7-10/h2-9,23H,1H3,(H,20,24). The molecule has 0 aliphatic heterocycles. The van der Waals surface area contributed by atoms with Crippen LogP contribution in [0, 0.1) is 5.82 Å². The highest BCUT2D eigenvalue weighted by atomic mass is 35.5. The second kappa shape index (κ2) is 6.90. The monoisotopic (exact) mass is 361 g/mol. The molecular weight excluding hydrogens is 349 g/mol. The number of hydrogen-bond acceptors (Lipinski definition) is 5. The van der Waals surface area contributed by atoms with E-state index in [1.807, 2.05) is 0 Å². The average Bonchev–Trinajstić information content (AvgIpc) is 3.07. The molecule has 0 saturated carbocycles. The second-order valence-electron chi connectivity index (χ2n) is 5.32. The lowest BCUT2D eigenvalue weighted by Gasteiger charge is -2.10. The van der Waals surface area contributed by atoms with Crippen LogP contribution in [0.3, 0.4) is 0 Å². The van der Waals surface area contributed by atoms with E-state index in [1.165, 1.54) is 36.4 Å². The number of amides is 1. The molecule has 2 N–H and O–H groups in total. The van der Waals surface area contributed by atoms with Crippen LogP contribution >= 0.6 is 11.6 Å². The first kappa shape index (κ1) is 16.9. The SMILES string of the molecule is CC(NC(=O)c1cc(Cl)ccc1O)c1nc(-c2cccc(F)c2)no1. The Morgan fingerprint density at radius 1 is 1.32 bits per heavy atom. The van der Waals surface area contributed by atoms with Gasteiger partial charge in [-0.2, -0.15) is 4.98 Å². The average molecular weight is 362 g/mol. The normalized spacial score (nSPS) is 12.0. The summed E-state index contributed by atoms with van der Waals surface area (Å²) in [5.74, 6) is -0.796. The molecule has 0 spiro atoms. The van der Waals surface area contributed by atoms with Crippen molar-refractivity contribution in [1.29, 1.82) is 0 Å². The predicted molar refractivity (Wildman–Crippen MR) is 88.7 cm³/mol. The number of halogens is 2. The van der Waals surface area contributed by atoms with Crippen LogP contribution in [0.25, 0.3) is 11.4 Å². The number of rotatable bonds is 4. The summed E-state index contributed by atoms with van der Waals surface area (Å²) in [7, 11) is 0. The first-order chi connectivity index (χ1) is 11.9. The molecule has 1 unspecified atom stereocenters. The molecule has 3 aromatic rings. The summed E-state index contributed by atoms with van der Waals surface area (Å²) < 4.78 is 18.4. The van der Waals surface area contributed by atoms with Gasteiger partial charge in [0.2, 0.25) is 11.7 Å². The van der Waals surface area contributed by atoms with Gasteiger partial charge in [0.15, 0.2) is 0 Å². The Balaban J connectivity index is 1.77. The molecule has 2 aromatic carbocycles. The van der Waals surface area contributed by atoms with Crippen molar-refractivity contribution >= 4 is 17.5 Å². The van der Waals surface area contributed by atoms with Gasteiger partial charge in [-0.05, 0) is 37.3 Å². The minimum atomic E-state index is -0.624. The minimum absolute atomic E-state index is 0.0317. The van der Waals surface area contributed by atoms with Crippen LogP contribution in [0.1, 0.15) is 29.2 Å². The quantitative estimate of drug-likeness (QED) is 0.739. The summed E-state index contributed by atoms with van der Waals surface area (Å²) in [6, 6.07) is 9.30. The summed E-state index contributed by atoms with van der Waals surface area (Å²) >= 11 is 5.84. The second-order valence-corrected chi connectivity index (χ2v) is 5.76. The van der Waals surface area contributed by atoms with E-state index in [1.54, 1.807) is 13.0 Å². The number of aromatic nitrogens is 2.